The van der Waals surface area contributed by atoms with Crippen LogP contribution in [0.15, 0.2) is 10.9 Å². The third kappa shape index (κ3) is 2.11. The molecule has 1 aliphatic carbocycles. The van der Waals surface area contributed by atoms with Gasteiger partial charge in [0.15, 0.2) is 0 Å². The van der Waals surface area contributed by atoms with Crippen molar-refractivity contribution in [3.8, 4) is 0 Å². The number of aromatic amines is 1. The summed E-state index contributed by atoms with van der Waals surface area (Å²) in [7, 11) is 0. The number of hydrogen-bond acceptors (Lipinski definition) is 2. The number of aromatic nitrogens is 2. The number of nitrogens with one attached hydrogen (secondary N) is 1. The monoisotopic (exact) mass is 206 g/mol. The smallest absolute Gasteiger partial charge is 0.251 e. The topological polar surface area (TPSA) is 45.8 Å². The van der Waals surface area contributed by atoms with Crippen LogP contribution in [0.1, 0.15) is 51.0 Å². The number of H-pyrrole nitrogens is 1. The van der Waals surface area contributed by atoms with Crippen molar-refractivity contribution in [2.24, 2.45) is 5.41 Å². The molecule has 0 saturated heterocycles. The summed E-state index contributed by atoms with van der Waals surface area (Å²) < 4.78 is 0. The quantitative estimate of drug-likeness (QED) is 0.824. The van der Waals surface area contributed by atoms with E-state index in [4.69, 9.17) is 0 Å². The summed E-state index contributed by atoms with van der Waals surface area (Å²) in [4.78, 5) is 18.8. The van der Waals surface area contributed by atoms with E-state index in [1.165, 1.54) is 0 Å². The first kappa shape index (κ1) is 10.4. The van der Waals surface area contributed by atoms with E-state index in [2.05, 4.69) is 30.7 Å². The fraction of sp³-hybridized carbons (Fsp3) is 0.667. The van der Waals surface area contributed by atoms with Gasteiger partial charge in [0.1, 0.15) is 5.82 Å². The summed E-state index contributed by atoms with van der Waals surface area (Å²) in [5.41, 5.74) is 1.24. The van der Waals surface area contributed by atoms with Crippen molar-refractivity contribution in [3.63, 3.8) is 0 Å². The minimum Gasteiger partial charge on any atom is -0.310 e. The molecule has 1 aliphatic rings. The lowest BCUT2D eigenvalue weighted by atomic mass is 10.1. The zero-order valence-electron chi connectivity index (χ0n) is 9.63. The van der Waals surface area contributed by atoms with Gasteiger partial charge in [-0.15, -0.1) is 0 Å². The van der Waals surface area contributed by atoms with Crippen LogP contribution in [-0.2, 0) is 6.42 Å². The summed E-state index contributed by atoms with van der Waals surface area (Å²) in [5, 5.41) is 0. The average Bonchev–Trinajstić information content (AvgIpc) is 2.75. The second-order valence-electron chi connectivity index (χ2n) is 5.12. The fourth-order valence-electron chi connectivity index (χ4n) is 2.01. The first-order chi connectivity index (χ1) is 7.03. The number of rotatable bonds is 3. The second-order valence-corrected chi connectivity index (χ2v) is 5.12. The molecule has 1 aromatic heterocycles. The van der Waals surface area contributed by atoms with Crippen molar-refractivity contribution in [2.75, 3.05) is 0 Å². The molecule has 1 N–H and O–H groups in total. The zero-order chi connectivity index (χ0) is 11.1. The van der Waals surface area contributed by atoms with Crippen LogP contribution in [0.2, 0.25) is 0 Å². The first-order valence-electron chi connectivity index (χ1n) is 5.63. The van der Waals surface area contributed by atoms with E-state index >= 15 is 0 Å². The number of aryl methyl sites for hydroxylation is 1. The Morgan fingerprint density at radius 3 is 2.80 bits per heavy atom. The van der Waals surface area contributed by atoms with Gasteiger partial charge >= 0.3 is 0 Å². The number of nitrogens with zero attached hydrogens (tertiary/aromatic N) is 1. The van der Waals surface area contributed by atoms with Crippen LogP contribution in [0.25, 0.3) is 0 Å². The lowest BCUT2D eigenvalue weighted by Gasteiger charge is -2.04. The molecule has 0 radical (unpaired) electrons. The molecule has 82 valence electrons. The van der Waals surface area contributed by atoms with Crippen molar-refractivity contribution >= 4 is 0 Å². The predicted molar refractivity (Wildman–Crippen MR) is 60.0 cm³/mol. The van der Waals surface area contributed by atoms with Crippen LogP contribution in [-0.4, -0.2) is 9.97 Å². The maximum absolute atomic E-state index is 11.4. The van der Waals surface area contributed by atoms with Gasteiger partial charge in [0.05, 0.1) is 0 Å². The van der Waals surface area contributed by atoms with Crippen LogP contribution < -0.4 is 5.56 Å². The highest BCUT2D eigenvalue weighted by Crippen LogP contribution is 2.57. The van der Waals surface area contributed by atoms with Crippen molar-refractivity contribution in [1.82, 2.24) is 9.97 Å². The molecule has 1 unspecified atom stereocenters. The molecule has 3 nitrogen and oxygen atoms in total. The Morgan fingerprint density at radius 1 is 1.60 bits per heavy atom. The lowest BCUT2D eigenvalue weighted by molar-refractivity contribution is 0.605. The molecule has 0 aromatic carbocycles. The van der Waals surface area contributed by atoms with Gasteiger partial charge in [-0.2, -0.15) is 0 Å². The van der Waals surface area contributed by atoms with Crippen LogP contribution in [0.5, 0.6) is 0 Å². The molecule has 1 fully saturated rings. The molecule has 1 atom stereocenters. The van der Waals surface area contributed by atoms with Crippen molar-refractivity contribution < 1.29 is 0 Å². The lowest BCUT2D eigenvalue weighted by Crippen LogP contribution is -2.13. The number of hydrogen-bond donors (Lipinski definition) is 1. The van der Waals surface area contributed by atoms with Crippen molar-refractivity contribution in [2.45, 2.75) is 46.0 Å². The van der Waals surface area contributed by atoms with Crippen molar-refractivity contribution in [1.29, 1.82) is 0 Å². The van der Waals surface area contributed by atoms with Gasteiger partial charge in [0.2, 0.25) is 0 Å². The van der Waals surface area contributed by atoms with Gasteiger partial charge in [0, 0.05) is 17.7 Å². The Morgan fingerprint density at radius 2 is 2.27 bits per heavy atom. The maximum Gasteiger partial charge on any atom is 0.251 e. The van der Waals surface area contributed by atoms with Gasteiger partial charge in [-0.25, -0.2) is 4.98 Å². The molecule has 0 spiro atoms. The van der Waals surface area contributed by atoms with E-state index in [0.29, 0.717) is 11.3 Å². The van der Waals surface area contributed by atoms with Crippen LogP contribution >= 0.6 is 0 Å². The predicted octanol–water partition coefficient (Wildman–Crippen LogP) is 2.24. The second kappa shape index (κ2) is 3.47. The standard InChI is InChI=1S/C12H18N2O/c1-4-5-8-6-10(15)14-11(13-8)9-7-12(9,2)3/h6,9H,4-5,7H2,1-3H3,(H,13,14,15). The van der Waals surface area contributed by atoms with E-state index in [-0.39, 0.29) is 5.56 Å². The van der Waals surface area contributed by atoms with E-state index in [0.717, 1.165) is 30.8 Å². The van der Waals surface area contributed by atoms with E-state index in [9.17, 15) is 4.79 Å². The highest BCUT2D eigenvalue weighted by atomic mass is 16.1. The SMILES string of the molecule is CCCc1cc(=O)[nH]c(C2CC2(C)C)n1. The van der Waals surface area contributed by atoms with Crippen molar-refractivity contribution in [3.05, 3.63) is 27.9 Å². The van der Waals surface area contributed by atoms with Crippen LogP contribution in [0.4, 0.5) is 0 Å². The van der Waals surface area contributed by atoms with E-state index in [1.807, 2.05) is 0 Å². The Labute approximate surface area is 89.9 Å². The van der Waals surface area contributed by atoms with E-state index in [1.54, 1.807) is 6.07 Å². The molecule has 1 saturated carbocycles. The van der Waals surface area contributed by atoms with Gasteiger partial charge in [-0.1, -0.05) is 27.2 Å². The molecule has 15 heavy (non-hydrogen) atoms. The summed E-state index contributed by atoms with van der Waals surface area (Å²) >= 11 is 0. The molecule has 1 aromatic rings. The summed E-state index contributed by atoms with van der Waals surface area (Å²) in [5.74, 6) is 1.33. The Balaban J connectivity index is 2.29. The summed E-state index contributed by atoms with van der Waals surface area (Å²) in [6.07, 6.45) is 3.06. The molecule has 0 amide bonds. The molecule has 0 bridgehead atoms. The molecular weight excluding hydrogens is 188 g/mol. The summed E-state index contributed by atoms with van der Waals surface area (Å²) in [6, 6.07) is 1.61. The third-order valence-electron chi connectivity index (χ3n) is 3.16. The van der Waals surface area contributed by atoms with Gasteiger partial charge in [-0.3, -0.25) is 4.79 Å². The molecule has 1 heterocycles. The Bertz CT molecular complexity index is 420. The highest BCUT2D eigenvalue weighted by molar-refractivity contribution is 5.17. The zero-order valence-corrected chi connectivity index (χ0v) is 9.63. The Hall–Kier alpha value is -1.12. The molecular formula is C12H18N2O. The van der Waals surface area contributed by atoms with Crippen LogP contribution in [0.3, 0.4) is 0 Å². The van der Waals surface area contributed by atoms with Gasteiger partial charge < -0.3 is 4.98 Å². The van der Waals surface area contributed by atoms with Gasteiger partial charge in [-0.05, 0) is 18.3 Å². The minimum atomic E-state index is -0.00819. The highest BCUT2D eigenvalue weighted by Gasteiger charge is 2.48. The summed E-state index contributed by atoms with van der Waals surface area (Å²) in [6.45, 7) is 6.53. The Kier molecular flexibility index (Phi) is 2.41. The third-order valence-corrected chi connectivity index (χ3v) is 3.16. The van der Waals surface area contributed by atoms with E-state index < -0.39 is 0 Å². The fourth-order valence-corrected chi connectivity index (χ4v) is 2.01. The first-order valence-corrected chi connectivity index (χ1v) is 5.63. The average molecular weight is 206 g/mol. The maximum atomic E-state index is 11.4. The largest absolute Gasteiger partial charge is 0.310 e. The van der Waals surface area contributed by atoms with Crippen LogP contribution in [0, 0.1) is 5.41 Å². The minimum absolute atomic E-state index is 0.00819. The normalized spacial score (nSPS) is 22.7. The molecule has 3 heteroatoms. The van der Waals surface area contributed by atoms with Gasteiger partial charge in [0.25, 0.3) is 5.56 Å². The molecule has 0 aliphatic heterocycles. The molecule has 2 rings (SSSR count).